The van der Waals surface area contributed by atoms with E-state index < -0.39 is 0 Å². The minimum absolute atomic E-state index is 0.239. The molecule has 0 radical (unpaired) electrons. The Kier molecular flexibility index (Phi) is 8.17. The van der Waals surface area contributed by atoms with Crippen LogP contribution < -0.4 is 0 Å². The molecule has 1 rings (SSSR count). The molecule has 2 heteroatoms. The first-order chi connectivity index (χ1) is 9.70. The number of benzene rings is 1. The van der Waals surface area contributed by atoms with Crippen molar-refractivity contribution in [2.24, 2.45) is 0 Å². The zero-order valence-corrected chi connectivity index (χ0v) is 13.1. The molecule has 1 aromatic carbocycles. The summed E-state index contributed by atoms with van der Waals surface area (Å²) in [6.07, 6.45) is 11.3. The van der Waals surface area contributed by atoms with Crippen molar-refractivity contribution in [3.05, 3.63) is 23.3 Å². The van der Waals surface area contributed by atoms with E-state index in [2.05, 4.69) is 13.8 Å². The van der Waals surface area contributed by atoms with Crippen LogP contribution in [0.1, 0.15) is 76.3 Å². The number of unbranched alkanes of at least 4 members (excludes halogenated alkanes) is 6. The first-order valence-electron chi connectivity index (χ1n) is 8.23. The van der Waals surface area contributed by atoms with Gasteiger partial charge in [-0.3, -0.25) is 0 Å². The van der Waals surface area contributed by atoms with E-state index in [4.69, 9.17) is 0 Å². The molecule has 2 nitrogen and oxygen atoms in total. The van der Waals surface area contributed by atoms with Crippen LogP contribution in [0.2, 0.25) is 0 Å². The van der Waals surface area contributed by atoms with Crippen molar-refractivity contribution in [2.45, 2.75) is 78.1 Å². The van der Waals surface area contributed by atoms with Gasteiger partial charge in [-0.2, -0.15) is 0 Å². The quantitative estimate of drug-likeness (QED) is 0.567. The van der Waals surface area contributed by atoms with Gasteiger partial charge < -0.3 is 10.2 Å². The predicted molar refractivity (Wildman–Crippen MR) is 85.5 cm³/mol. The number of phenols is 2. The number of phenolic OH excluding ortho intramolecular Hbond substituents is 2. The highest BCUT2D eigenvalue weighted by Gasteiger charge is 2.11. The normalized spacial score (nSPS) is 10.9. The summed E-state index contributed by atoms with van der Waals surface area (Å²) in [6, 6.07) is 3.60. The fraction of sp³-hybridized carbons (Fsp3) is 0.667. The molecular weight excluding hydrogens is 248 g/mol. The molecule has 0 amide bonds. The van der Waals surface area contributed by atoms with Crippen LogP contribution >= 0.6 is 0 Å². The van der Waals surface area contributed by atoms with Crippen LogP contribution in [0.15, 0.2) is 12.1 Å². The lowest BCUT2D eigenvalue weighted by Gasteiger charge is -2.11. The van der Waals surface area contributed by atoms with E-state index in [1.807, 2.05) is 6.07 Å². The van der Waals surface area contributed by atoms with Crippen molar-refractivity contribution < 1.29 is 10.2 Å². The Balaban J connectivity index is 2.49. The van der Waals surface area contributed by atoms with Crippen LogP contribution in [-0.2, 0) is 12.8 Å². The summed E-state index contributed by atoms with van der Waals surface area (Å²) in [7, 11) is 0. The Bertz CT molecular complexity index is 385. The molecule has 0 aliphatic heterocycles. The van der Waals surface area contributed by atoms with E-state index in [0.29, 0.717) is 5.75 Å². The minimum atomic E-state index is 0.239. The second-order valence-corrected chi connectivity index (χ2v) is 5.69. The summed E-state index contributed by atoms with van der Waals surface area (Å²) >= 11 is 0. The first kappa shape index (κ1) is 16.9. The third-order valence-corrected chi connectivity index (χ3v) is 3.92. The lowest BCUT2D eigenvalue weighted by Crippen LogP contribution is -1.93. The number of hydrogen-bond donors (Lipinski definition) is 2. The average molecular weight is 278 g/mol. The molecule has 0 aliphatic carbocycles. The number of rotatable bonds is 10. The molecule has 0 heterocycles. The van der Waals surface area contributed by atoms with Gasteiger partial charge in [0.25, 0.3) is 0 Å². The SMILES string of the molecule is CCCCCCCCc1ccc(O)c(CCCC)c1O. The van der Waals surface area contributed by atoms with Gasteiger partial charge in [0.1, 0.15) is 11.5 Å². The zero-order valence-electron chi connectivity index (χ0n) is 13.1. The third-order valence-electron chi connectivity index (χ3n) is 3.92. The molecule has 0 saturated carbocycles. The second-order valence-electron chi connectivity index (χ2n) is 5.69. The molecule has 0 unspecified atom stereocenters. The summed E-state index contributed by atoms with van der Waals surface area (Å²) < 4.78 is 0. The van der Waals surface area contributed by atoms with E-state index in [9.17, 15) is 10.2 Å². The molecular formula is C18H30O2. The predicted octanol–water partition coefficient (Wildman–Crippen LogP) is 5.34. The van der Waals surface area contributed by atoms with Crippen molar-refractivity contribution in [3.8, 4) is 11.5 Å². The molecule has 0 saturated heterocycles. The molecule has 114 valence electrons. The number of aromatic hydroxyl groups is 2. The van der Waals surface area contributed by atoms with Gasteiger partial charge in [-0.1, -0.05) is 58.4 Å². The Morgan fingerprint density at radius 3 is 2.10 bits per heavy atom. The number of aryl methyl sites for hydroxylation is 1. The molecule has 1 aromatic rings. The molecule has 0 atom stereocenters. The molecule has 0 aromatic heterocycles. The fourth-order valence-electron chi connectivity index (χ4n) is 2.57. The molecule has 2 N–H and O–H groups in total. The van der Waals surface area contributed by atoms with Gasteiger partial charge >= 0.3 is 0 Å². The summed E-state index contributed by atoms with van der Waals surface area (Å²) in [5, 5.41) is 20.1. The standard InChI is InChI=1S/C18H30O2/c1-3-5-7-8-9-10-11-15-13-14-17(19)16(18(15)20)12-6-4-2/h13-14,19-20H,3-12H2,1-2H3. The van der Waals surface area contributed by atoms with Crippen molar-refractivity contribution in [2.75, 3.05) is 0 Å². The van der Waals surface area contributed by atoms with Crippen LogP contribution in [0.5, 0.6) is 11.5 Å². The minimum Gasteiger partial charge on any atom is -0.508 e. The summed E-state index contributed by atoms with van der Waals surface area (Å²) in [5.74, 6) is 0.564. The van der Waals surface area contributed by atoms with E-state index in [0.717, 1.165) is 43.2 Å². The van der Waals surface area contributed by atoms with E-state index in [-0.39, 0.29) is 5.75 Å². The smallest absolute Gasteiger partial charge is 0.125 e. The Morgan fingerprint density at radius 2 is 1.40 bits per heavy atom. The van der Waals surface area contributed by atoms with Crippen molar-refractivity contribution >= 4 is 0 Å². The molecule has 20 heavy (non-hydrogen) atoms. The maximum atomic E-state index is 10.3. The average Bonchev–Trinajstić information content (AvgIpc) is 2.44. The highest BCUT2D eigenvalue weighted by atomic mass is 16.3. The largest absolute Gasteiger partial charge is 0.508 e. The first-order valence-corrected chi connectivity index (χ1v) is 8.23. The number of hydrogen-bond acceptors (Lipinski definition) is 2. The van der Waals surface area contributed by atoms with E-state index in [1.54, 1.807) is 6.07 Å². The summed E-state index contributed by atoms with van der Waals surface area (Å²) in [4.78, 5) is 0. The third kappa shape index (κ3) is 5.44. The highest BCUT2D eigenvalue weighted by molar-refractivity contribution is 5.48. The van der Waals surface area contributed by atoms with Gasteiger partial charge in [0, 0.05) is 5.56 Å². The van der Waals surface area contributed by atoms with Gasteiger partial charge in [0.15, 0.2) is 0 Å². The summed E-state index contributed by atoms with van der Waals surface area (Å²) in [6.45, 7) is 4.35. The van der Waals surface area contributed by atoms with Gasteiger partial charge in [0.2, 0.25) is 0 Å². The van der Waals surface area contributed by atoms with Gasteiger partial charge in [-0.15, -0.1) is 0 Å². The molecule has 0 spiro atoms. The van der Waals surface area contributed by atoms with Gasteiger partial charge in [-0.25, -0.2) is 0 Å². The van der Waals surface area contributed by atoms with E-state index in [1.165, 1.54) is 32.1 Å². The van der Waals surface area contributed by atoms with Crippen LogP contribution in [-0.4, -0.2) is 10.2 Å². The van der Waals surface area contributed by atoms with Gasteiger partial charge in [0.05, 0.1) is 0 Å². The molecule has 0 bridgehead atoms. The highest BCUT2D eigenvalue weighted by Crippen LogP contribution is 2.32. The molecule has 0 aliphatic rings. The maximum absolute atomic E-state index is 10.3. The van der Waals surface area contributed by atoms with Crippen molar-refractivity contribution in [1.29, 1.82) is 0 Å². The zero-order chi connectivity index (χ0) is 14.8. The maximum Gasteiger partial charge on any atom is 0.125 e. The van der Waals surface area contributed by atoms with E-state index >= 15 is 0 Å². The summed E-state index contributed by atoms with van der Waals surface area (Å²) in [5.41, 5.74) is 1.72. The van der Waals surface area contributed by atoms with Crippen LogP contribution in [0.3, 0.4) is 0 Å². The Hall–Kier alpha value is -1.18. The lowest BCUT2D eigenvalue weighted by atomic mass is 9.98. The second kappa shape index (κ2) is 9.68. The van der Waals surface area contributed by atoms with Crippen molar-refractivity contribution in [3.63, 3.8) is 0 Å². The van der Waals surface area contributed by atoms with Crippen LogP contribution in [0.25, 0.3) is 0 Å². The van der Waals surface area contributed by atoms with Crippen LogP contribution in [0.4, 0.5) is 0 Å². The van der Waals surface area contributed by atoms with Crippen LogP contribution in [0, 0.1) is 0 Å². The van der Waals surface area contributed by atoms with Crippen molar-refractivity contribution in [1.82, 2.24) is 0 Å². The molecule has 0 fully saturated rings. The van der Waals surface area contributed by atoms with Gasteiger partial charge in [-0.05, 0) is 37.3 Å². The topological polar surface area (TPSA) is 40.5 Å². The Labute approximate surface area is 123 Å². The fourth-order valence-corrected chi connectivity index (χ4v) is 2.57. The lowest BCUT2D eigenvalue weighted by molar-refractivity contribution is 0.431. The Morgan fingerprint density at radius 1 is 0.750 bits per heavy atom. The monoisotopic (exact) mass is 278 g/mol.